The fourth-order valence-electron chi connectivity index (χ4n) is 2.96. The van der Waals surface area contributed by atoms with Crippen molar-refractivity contribution in [2.45, 2.75) is 38.0 Å². The molecule has 0 atom stereocenters. The summed E-state index contributed by atoms with van der Waals surface area (Å²) in [7, 11) is -5.71. The lowest BCUT2D eigenvalue weighted by Crippen LogP contribution is -2.49. The molecule has 10 nitrogen and oxygen atoms in total. The second kappa shape index (κ2) is 14.9. The van der Waals surface area contributed by atoms with Gasteiger partial charge in [-0.2, -0.15) is 17.6 Å². The Morgan fingerprint density at radius 1 is 0.750 bits per heavy atom. The van der Waals surface area contributed by atoms with Crippen molar-refractivity contribution in [3.05, 3.63) is 71.8 Å². The summed E-state index contributed by atoms with van der Waals surface area (Å²) < 4.78 is 70.1. The van der Waals surface area contributed by atoms with E-state index in [9.17, 15) is 36.3 Å². The van der Waals surface area contributed by atoms with Gasteiger partial charge in [0, 0.05) is 27.9 Å². The van der Waals surface area contributed by atoms with E-state index in [0.717, 1.165) is 11.1 Å². The lowest BCUT2D eigenvalue weighted by molar-refractivity contribution is -0.162. The minimum atomic E-state index is -5.18. The van der Waals surface area contributed by atoms with E-state index in [2.05, 4.69) is 0 Å². The monoisotopic (exact) mass is 617 g/mol. The molecule has 0 aliphatic carbocycles. The Bertz CT molecular complexity index is 1100. The number of rotatable bonds is 8. The van der Waals surface area contributed by atoms with Gasteiger partial charge in [-0.25, -0.2) is 0 Å². The van der Waals surface area contributed by atoms with Crippen LogP contribution in [-0.4, -0.2) is 68.9 Å². The predicted octanol–water partition coefficient (Wildman–Crippen LogP) is 4.27. The molecule has 226 valence electrons. The summed E-state index contributed by atoms with van der Waals surface area (Å²) in [5, 5.41) is 0. The number of alkyl halides is 4. The van der Waals surface area contributed by atoms with Crippen LogP contribution >= 0.6 is 15.2 Å². The highest BCUT2D eigenvalue weighted by molar-refractivity contribution is 7.53. The van der Waals surface area contributed by atoms with Gasteiger partial charge in [-0.1, -0.05) is 60.7 Å². The van der Waals surface area contributed by atoms with E-state index < -0.39 is 37.9 Å². The second-order valence-corrected chi connectivity index (χ2v) is 12.6. The van der Waals surface area contributed by atoms with Crippen molar-refractivity contribution in [2.75, 3.05) is 21.2 Å². The maximum atomic E-state index is 13.0. The molecule has 0 bridgehead atoms. The average molecular weight is 617 g/mol. The number of benzene rings is 2. The molecule has 0 saturated heterocycles. The summed E-state index contributed by atoms with van der Waals surface area (Å²) in [6, 6.07) is 19.1. The quantitative estimate of drug-likeness (QED) is 0.147. The van der Waals surface area contributed by atoms with Crippen LogP contribution in [0.5, 0.6) is 0 Å². The van der Waals surface area contributed by atoms with Crippen LogP contribution in [0.3, 0.4) is 0 Å². The van der Waals surface area contributed by atoms with Crippen LogP contribution < -0.4 is 0 Å². The molecule has 0 heterocycles. The van der Waals surface area contributed by atoms with Crippen LogP contribution in [0.25, 0.3) is 0 Å². The lowest BCUT2D eigenvalue weighted by Gasteiger charge is -2.32. The standard InChI is InChI=1S/C20H23NO3.2C2H5F2O3P/c1-21(2)18(22)20(19(23)24-3,14-16-10-6-4-7-11-16)15-17-12-8-5-9-13-17;2*1-2(3,4)8(5,6)7/h4-13H,14-15H2,1-3H3;2*1H3,(H2,5,6,7). The van der Waals surface area contributed by atoms with E-state index in [1.165, 1.54) is 12.0 Å². The molecule has 0 radical (unpaired) electrons. The number of nitrogens with zero attached hydrogens (tertiary/aromatic N) is 1. The van der Waals surface area contributed by atoms with Crippen LogP contribution in [0.2, 0.25) is 0 Å². The minimum absolute atomic E-state index is 0.174. The molecule has 2 aromatic rings. The third kappa shape index (κ3) is 11.9. The van der Waals surface area contributed by atoms with Gasteiger partial charge < -0.3 is 29.2 Å². The molecule has 16 heteroatoms. The van der Waals surface area contributed by atoms with Gasteiger partial charge >= 0.3 is 32.5 Å². The number of carbonyl (C=O) groups is 2. The number of esters is 1. The molecule has 0 spiro atoms. The zero-order valence-electron chi connectivity index (χ0n) is 22.4. The molecule has 1 amide bonds. The number of hydrogen-bond acceptors (Lipinski definition) is 5. The van der Waals surface area contributed by atoms with Gasteiger partial charge in [-0.05, 0) is 24.0 Å². The van der Waals surface area contributed by atoms with Crippen LogP contribution in [0, 0.1) is 5.41 Å². The first kappa shape index (κ1) is 37.4. The summed E-state index contributed by atoms with van der Waals surface area (Å²) in [6.45, 7) is 0.349. The lowest BCUT2D eigenvalue weighted by atomic mass is 9.75. The summed E-state index contributed by atoms with van der Waals surface area (Å²) >= 11 is 0. The van der Waals surface area contributed by atoms with Crippen molar-refractivity contribution < 1.29 is 60.6 Å². The third-order valence-electron chi connectivity index (χ3n) is 5.11. The highest BCUT2D eigenvalue weighted by atomic mass is 31.2. The van der Waals surface area contributed by atoms with E-state index in [4.69, 9.17) is 24.3 Å². The molecule has 4 N–H and O–H groups in total. The Hall–Kier alpha value is -2.60. The van der Waals surface area contributed by atoms with E-state index in [1.54, 1.807) is 14.1 Å². The normalized spacial score (nSPS) is 12.2. The SMILES string of the molecule is CC(F)(F)P(=O)(O)O.CC(F)(F)P(=O)(O)O.COC(=O)C(Cc1ccccc1)(Cc1ccccc1)C(=O)N(C)C. The van der Waals surface area contributed by atoms with E-state index in [-0.39, 0.29) is 19.8 Å². The topological polar surface area (TPSA) is 162 Å². The van der Waals surface area contributed by atoms with E-state index >= 15 is 0 Å². The summed E-state index contributed by atoms with van der Waals surface area (Å²) in [6.07, 6.45) is 0.596. The van der Waals surface area contributed by atoms with Crippen LogP contribution in [0.4, 0.5) is 17.6 Å². The van der Waals surface area contributed by atoms with Crippen molar-refractivity contribution in [1.82, 2.24) is 4.90 Å². The Labute approximate surface area is 229 Å². The van der Waals surface area contributed by atoms with Gasteiger partial charge in [0.05, 0.1) is 7.11 Å². The van der Waals surface area contributed by atoms with Crippen molar-refractivity contribution in [2.24, 2.45) is 5.41 Å². The van der Waals surface area contributed by atoms with Gasteiger partial charge in [0.25, 0.3) is 0 Å². The van der Waals surface area contributed by atoms with Gasteiger partial charge in [-0.15, -0.1) is 0 Å². The molecule has 0 unspecified atom stereocenters. The summed E-state index contributed by atoms with van der Waals surface area (Å²) in [4.78, 5) is 58.0. The van der Waals surface area contributed by atoms with Gasteiger partial charge in [-0.3, -0.25) is 18.7 Å². The molecule has 0 aliphatic heterocycles. The maximum Gasteiger partial charge on any atom is 0.394 e. The van der Waals surface area contributed by atoms with Gasteiger partial charge in [0.15, 0.2) is 5.41 Å². The molecule has 0 aliphatic rings. The predicted molar refractivity (Wildman–Crippen MR) is 139 cm³/mol. The highest BCUT2D eigenvalue weighted by Crippen LogP contribution is 2.52. The number of methoxy groups -OCH3 is 1. The average Bonchev–Trinajstić information content (AvgIpc) is 2.82. The summed E-state index contributed by atoms with van der Waals surface area (Å²) in [5.74, 6) is -0.754. The number of ether oxygens (including phenoxy) is 1. The first-order valence-corrected chi connectivity index (χ1v) is 14.5. The van der Waals surface area contributed by atoms with Gasteiger partial charge in [0.1, 0.15) is 0 Å². The highest BCUT2D eigenvalue weighted by Gasteiger charge is 2.48. The molecule has 2 rings (SSSR count). The first-order valence-electron chi connectivity index (χ1n) is 11.2. The first-order chi connectivity index (χ1) is 18.0. The number of amides is 1. The Morgan fingerprint density at radius 2 is 1.02 bits per heavy atom. The fraction of sp³-hybridized carbons (Fsp3) is 0.417. The van der Waals surface area contributed by atoms with E-state index in [1.807, 2.05) is 60.7 Å². The Kier molecular flexibility index (Phi) is 13.9. The molecular formula is C24H33F4NO9P2. The zero-order chi connectivity index (χ0) is 31.6. The fourth-order valence-corrected chi connectivity index (χ4v) is 2.96. The Balaban J connectivity index is 0.000000780. The molecule has 2 aromatic carbocycles. The zero-order valence-corrected chi connectivity index (χ0v) is 24.2. The molecular weight excluding hydrogens is 584 g/mol. The van der Waals surface area contributed by atoms with Crippen LogP contribution in [0.1, 0.15) is 25.0 Å². The third-order valence-corrected chi connectivity index (χ3v) is 7.16. The van der Waals surface area contributed by atoms with Crippen LogP contribution in [-0.2, 0) is 36.3 Å². The van der Waals surface area contributed by atoms with Crippen molar-refractivity contribution in [3.63, 3.8) is 0 Å². The van der Waals surface area contributed by atoms with E-state index in [0.29, 0.717) is 12.8 Å². The Morgan fingerprint density at radius 3 is 1.23 bits per heavy atom. The van der Waals surface area contributed by atoms with Crippen molar-refractivity contribution in [1.29, 1.82) is 0 Å². The molecule has 40 heavy (non-hydrogen) atoms. The number of carbonyl (C=O) groups excluding carboxylic acids is 2. The number of halogens is 4. The van der Waals surface area contributed by atoms with Crippen molar-refractivity contribution >= 4 is 27.1 Å². The molecule has 0 aromatic heterocycles. The van der Waals surface area contributed by atoms with Gasteiger partial charge in [0.2, 0.25) is 5.91 Å². The number of hydrogen-bond donors (Lipinski definition) is 4. The largest absolute Gasteiger partial charge is 0.468 e. The second-order valence-electron chi connectivity index (χ2n) is 8.87. The maximum absolute atomic E-state index is 13.0. The summed E-state index contributed by atoms with van der Waals surface area (Å²) in [5.41, 5.74) is -7.22. The minimum Gasteiger partial charge on any atom is -0.468 e. The van der Waals surface area contributed by atoms with Crippen molar-refractivity contribution in [3.8, 4) is 0 Å². The smallest absolute Gasteiger partial charge is 0.394 e. The van der Waals surface area contributed by atoms with Crippen LogP contribution in [0.15, 0.2) is 60.7 Å². The molecule has 0 fully saturated rings. The molecule has 0 saturated carbocycles.